The molecule has 3 N–H and O–H groups in total. The molecule has 1 aromatic heterocycles. The van der Waals surface area contributed by atoms with Gasteiger partial charge >= 0.3 is 0 Å². The predicted molar refractivity (Wildman–Crippen MR) is 37.6 cm³/mol. The lowest BCUT2D eigenvalue weighted by atomic mass is 10.5. The molecule has 0 aromatic carbocycles. The zero-order chi connectivity index (χ0) is 7.61. The molecule has 0 bridgehead atoms. The second-order valence-corrected chi connectivity index (χ2v) is 3.62. The maximum absolute atomic E-state index is 10.5. The summed E-state index contributed by atoms with van der Waals surface area (Å²) in [4.78, 5) is 2.73. The van der Waals surface area contributed by atoms with Crippen LogP contribution in [0.3, 0.4) is 0 Å². The van der Waals surface area contributed by atoms with E-state index in [1.807, 2.05) is 0 Å². The number of H-pyrrole nitrogens is 1. The first-order valence-corrected chi connectivity index (χ1v) is 4.42. The Kier molecular flexibility index (Phi) is 1.78. The normalized spacial score (nSPS) is 11.7. The molecule has 10 heavy (non-hydrogen) atoms. The van der Waals surface area contributed by atoms with E-state index in [9.17, 15) is 8.42 Å². The van der Waals surface area contributed by atoms with Gasteiger partial charge in [-0.15, -0.1) is 0 Å². The third-order valence-corrected chi connectivity index (χ3v) is 1.73. The molecule has 0 aliphatic carbocycles. The molecular formula is C5H8N2O2S. The van der Waals surface area contributed by atoms with Gasteiger partial charge in [-0.1, -0.05) is 0 Å². The number of hydrogen-bond acceptors (Lipinski definition) is 2. The topological polar surface area (TPSA) is 76.0 Å². The molecule has 0 unspecified atom stereocenters. The van der Waals surface area contributed by atoms with Crippen LogP contribution in [0.4, 0.5) is 0 Å². The van der Waals surface area contributed by atoms with Gasteiger partial charge in [0.1, 0.15) is 5.75 Å². The first-order valence-electron chi connectivity index (χ1n) is 2.71. The summed E-state index contributed by atoms with van der Waals surface area (Å²) in [6.45, 7) is 0. The highest BCUT2D eigenvalue weighted by Crippen LogP contribution is 1.97. The second-order valence-electron chi connectivity index (χ2n) is 2.00. The lowest BCUT2D eigenvalue weighted by Gasteiger charge is -1.92. The van der Waals surface area contributed by atoms with Crippen LogP contribution in [0.25, 0.3) is 0 Å². The van der Waals surface area contributed by atoms with Crippen molar-refractivity contribution in [2.24, 2.45) is 5.14 Å². The van der Waals surface area contributed by atoms with Gasteiger partial charge < -0.3 is 4.98 Å². The van der Waals surface area contributed by atoms with Crippen LogP contribution in [0, 0.1) is 0 Å². The first kappa shape index (κ1) is 7.30. The SMILES string of the molecule is NS(=O)(=O)Cc1ccc[nH]1. The fraction of sp³-hybridized carbons (Fsp3) is 0.200. The Balaban J connectivity index is 2.75. The fourth-order valence-electron chi connectivity index (χ4n) is 0.674. The van der Waals surface area contributed by atoms with Crippen LogP contribution >= 0.6 is 0 Å². The minimum Gasteiger partial charge on any atom is -0.364 e. The fourth-order valence-corrected chi connectivity index (χ4v) is 1.29. The van der Waals surface area contributed by atoms with Crippen LogP contribution in [0.1, 0.15) is 5.69 Å². The van der Waals surface area contributed by atoms with Crippen LogP contribution in [-0.2, 0) is 15.8 Å². The summed E-state index contributed by atoms with van der Waals surface area (Å²) in [5, 5.41) is 4.78. The molecule has 0 atom stereocenters. The summed E-state index contributed by atoms with van der Waals surface area (Å²) in [5.41, 5.74) is 0.613. The van der Waals surface area contributed by atoms with Crippen molar-refractivity contribution in [1.29, 1.82) is 0 Å². The molecule has 56 valence electrons. The van der Waals surface area contributed by atoms with Crippen LogP contribution in [0.2, 0.25) is 0 Å². The third kappa shape index (κ3) is 2.20. The molecule has 0 aliphatic rings. The van der Waals surface area contributed by atoms with E-state index in [-0.39, 0.29) is 5.75 Å². The Morgan fingerprint density at radius 2 is 2.30 bits per heavy atom. The molecular weight excluding hydrogens is 152 g/mol. The number of sulfonamides is 1. The van der Waals surface area contributed by atoms with Gasteiger partial charge in [-0.05, 0) is 12.1 Å². The number of aromatic amines is 1. The van der Waals surface area contributed by atoms with Crippen LogP contribution < -0.4 is 5.14 Å². The molecule has 1 aromatic rings. The van der Waals surface area contributed by atoms with E-state index in [0.29, 0.717) is 5.69 Å². The molecule has 0 amide bonds. The maximum Gasteiger partial charge on any atom is 0.214 e. The molecule has 4 nitrogen and oxygen atoms in total. The Hall–Kier alpha value is -0.810. The second kappa shape index (κ2) is 2.43. The monoisotopic (exact) mass is 160 g/mol. The van der Waals surface area contributed by atoms with Gasteiger partial charge in [0, 0.05) is 11.9 Å². The summed E-state index contributed by atoms with van der Waals surface area (Å²) >= 11 is 0. The summed E-state index contributed by atoms with van der Waals surface area (Å²) in [6.07, 6.45) is 1.65. The van der Waals surface area contributed by atoms with E-state index in [4.69, 9.17) is 5.14 Å². The number of nitrogens with one attached hydrogen (secondary N) is 1. The van der Waals surface area contributed by atoms with E-state index in [2.05, 4.69) is 4.98 Å². The van der Waals surface area contributed by atoms with E-state index in [0.717, 1.165) is 0 Å². The highest BCUT2D eigenvalue weighted by Gasteiger charge is 2.03. The van der Waals surface area contributed by atoms with Gasteiger partial charge in [0.2, 0.25) is 10.0 Å². The number of aromatic nitrogens is 1. The lowest BCUT2D eigenvalue weighted by molar-refractivity contribution is 0.596. The molecule has 0 fully saturated rings. The Bertz CT molecular complexity index is 287. The van der Waals surface area contributed by atoms with E-state index >= 15 is 0 Å². The lowest BCUT2D eigenvalue weighted by Crippen LogP contribution is -2.14. The summed E-state index contributed by atoms with van der Waals surface area (Å²) in [5.74, 6) is -0.125. The molecule has 1 heterocycles. The van der Waals surface area contributed by atoms with E-state index in [1.165, 1.54) is 0 Å². The molecule has 0 spiro atoms. The van der Waals surface area contributed by atoms with Crippen molar-refractivity contribution < 1.29 is 8.42 Å². The van der Waals surface area contributed by atoms with Gasteiger partial charge in [0.05, 0.1) is 0 Å². The van der Waals surface area contributed by atoms with Crippen molar-refractivity contribution in [2.45, 2.75) is 5.75 Å². The summed E-state index contributed by atoms with van der Waals surface area (Å²) < 4.78 is 20.9. The van der Waals surface area contributed by atoms with Gasteiger partial charge in [-0.25, -0.2) is 13.6 Å². The minimum absolute atomic E-state index is 0.125. The number of nitrogens with two attached hydrogens (primary N) is 1. The quantitative estimate of drug-likeness (QED) is 0.628. The standard InChI is InChI=1S/C5H8N2O2S/c6-10(8,9)4-5-2-1-3-7-5/h1-3,7H,4H2,(H2,6,8,9). The van der Waals surface area contributed by atoms with Crippen LogP contribution in [0.5, 0.6) is 0 Å². The van der Waals surface area contributed by atoms with Gasteiger partial charge in [-0.3, -0.25) is 0 Å². The van der Waals surface area contributed by atoms with Crippen molar-refractivity contribution in [3.05, 3.63) is 24.0 Å². The number of primary sulfonamides is 1. The maximum atomic E-state index is 10.5. The van der Waals surface area contributed by atoms with E-state index in [1.54, 1.807) is 18.3 Å². The first-order chi connectivity index (χ1) is 4.58. The van der Waals surface area contributed by atoms with E-state index < -0.39 is 10.0 Å². The number of rotatable bonds is 2. The van der Waals surface area contributed by atoms with Crippen LogP contribution in [0.15, 0.2) is 18.3 Å². The number of hydrogen-bond donors (Lipinski definition) is 2. The van der Waals surface area contributed by atoms with Gasteiger partial charge in [-0.2, -0.15) is 0 Å². The molecule has 0 aliphatic heterocycles. The highest BCUT2D eigenvalue weighted by molar-refractivity contribution is 7.88. The minimum atomic E-state index is -3.38. The van der Waals surface area contributed by atoms with Crippen molar-refractivity contribution in [1.82, 2.24) is 4.98 Å². The summed E-state index contributed by atoms with van der Waals surface area (Å²) in [7, 11) is -3.38. The molecule has 0 radical (unpaired) electrons. The van der Waals surface area contributed by atoms with Gasteiger partial charge in [0.15, 0.2) is 0 Å². The Morgan fingerprint density at radius 1 is 1.60 bits per heavy atom. The summed E-state index contributed by atoms with van der Waals surface area (Å²) in [6, 6.07) is 3.39. The van der Waals surface area contributed by atoms with Crippen molar-refractivity contribution in [3.63, 3.8) is 0 Å². The largest absolute Gasteiger partial charge is 0.364 e. The highest BCUT2D eigenvalue weighted by atomic mass is 32.2. The average Bonchev–Trinajstić information content (AvgIpc) is 2.12. The predicted octanol–water partition coefficient (Wildman–Crippen LogP) is -0.197. The molecule has 5 heteroatoms. The zero-order valence-electron chi connectivity index (χ0n) is 5.24. The van der Waals surface area contributed by atoms with Crippen molar-refractivity contribution in [2.75, 3.05) is 0 Å². The third-order valence-electron chi connectivity index (χ3n) is 1.02. The molecule has 0 saturated carbocycles. The van der Waals surface area contributed by atoms with Gasteiger partial charge in [0.25, 0.3) is 0 Å². The molecule has 1 rings (SSSR count). The molecule has 0 saturated heterocycles. The van der Waals surface area contributed by atoms with Crippen molar-refractivity contribution in [3.8, 4) is 0 Å². The van der Waals surface area contributed by atoms with Crippen LogP contribution in [-0.4, -0.2) is 13.4 Å². The Labute approximate surface area is 59.1 Å². The Morgan fingerprint density at radius 3 is 2.70 bits per heavy atom. The zero-order valence-corrected chi connectivity index (χ0v) is 6.06. The average molecular weight is 160 g/mol. The smallest absolute Gasteiger partial charge is 0.214 e. The van der Waals surface area contributed by atoms with Crippen molar-refractivity contribution >= 4 is 10.0 Å².